The van der Waals surface area contributed by atoms with Crippen molar-refractivity contribution in [3.63, 3.8) is 0 Å². The van der Waals surface area contributed by atoms with Crippen molar-refractivity contribution in [3.05, 3.63) is 23.8 Å². The Labute approximate surface area is 109 Å². The molecule has 1 saturated heterocycles. The predicted octanol–water partition coefficient (Wildman–Crippen LogP) is 2.66. The van der Waals surface area contributed by atoms with Crippen LogP contribution in [0.1, 0.15) is 25.8 Å². The van der Waals surface area contributed by atoms with E-state index in [1.807, 2.05) is 0 Å². The number of hydrogen-bond acceptors (Lipinski definition) is 3. The molecule has 1 N–H and O–H groups in total. The van der Waals surface area contributed by atoms with Crippen molar-refractivity contribution < 1.29 is 4.74 Å². The van der Waals surface area contributed by atoms with Gasteiger partial charge in [-0.15, -0.1) is 0 Å². The van der Waals surface area contributed by atoms with Crippen molar-refractivity contribution in [3.8, 4) is 0 Å². The summed E-state index contributed by atoms with van der Waals surface area (Å²) in [5, 5.41) is 3.51. The van der Waals surface area contributed by atoms with E-state index in [2.05, 4.69) is 42.3 Å². The molecule has 2 aliphatic heterocycles. The number of fused-ring (bicyclic) bond motifs is 1. The Hall–Kier alpha value is -1.22. The van der Waals surface area contributed by atoms with Crippen LogP contribution in [0.25, 0.3) is 0 Å². The predicted molar refractivity (Wildman–Crippen MR) is 75.5 cm³/mol. The van der Waals surface area contributed by atoms with Crippen LogP contribution >= 0.6 is 0 Å². The largest absolute Gasteiger partial charge is 0.385 e. The molecule has 3 heteroatoms. The SMILES string of the molecule is CC1CN(c2cccc3c2CCCN3)CC(C)O1. The van der Waals surface area contributed by atoms with Crippen molar-refractivity contribution in [1.82, 2.24) is 0 Å². The first-order valence-corrected chi connectivity index (χ1v) is 7.00. The fourth-order valence-electron chi connectivity index (χ4n) is 3.16. The van der Waals surface area contributed by atoms with Crippen LogP contribution in [0.3, 0.4) is 0 Å². The molecule has 0 amide bonds. The summed E-state index contributed by atoms with van der Waals surface area (Å²) >= 11 is 0. The minimum atomic E-state index is 0.321. The lowest BCUT2D eigenvalue weighted by Crippen LogP contribution is -2.46. The first kappa shape index (κ1) is 11.8. The third-order valence-corrected chi connectivity index (χ3v) is 3.83. The average Bonchev–Trinajstić information content (AvgIpc) is 2.37. The maximum atomic E-state index is 5.82. The molecule has 1 fully saturated rings. The van der Waals surface area contributed by atoms with Gasteiger partial charge in [0.25, 0.3) is 0 Å². The molecule has 0 aromatic heterocycles. The highest BCUT2D eigenvalue weighted by Crippen LogP contribution is 2.32. The molecule has 98 valence electrons. The molecule has 1 aromatic carbocycles. The number of hydrogen-bond donors (Lipinski definition) is 1. The van der Waals surface area contributed by atoms with Gasteiger partial charge in [0, 0.05) is 31.0 Å². The minimum Gasteiger partial charge on any atom is -0.385 e. The van der Waals surface area contributed by atoms with Gasteiger partial charge >= 0.3 is 0 Å². The van der Waals surface area contributed by atoms with Crippen LogP contribution in [0.2, 0.25) is 0 Å². The number of anilines is 2. The fourth-order valence-corrected chi connectivity index (χ4v) is 3.16. The Morgan fingerprint density at radius 1 is 1.22 bits per heavy atom. The monoisotopic (exact) mass is 246 g/mol. The molecule has 0 saturated carbocycles. The fraction of sp³-hybridized carbons (Fsp3) is 0.600. The molecular formula is C15H22N2O. The Kier molecular flexibility index (Phi) is 3.16. The Morgan fingerprint density at radius 2 is 2.00 bits per heavy atom. The molecule has 2 heterocycles. The van der Waals surface area contributed by atoms with Crippen LogP contribution < -0.4 is 10.2 Å². The van der Waals surface area contributed by atoms with Crippen molar-refractivity contribution in [2.45, 2.75) is 38.9 Å². The molecule has 0 bridgehead atoms. The summed E-state index contributed by atoms with van der Waals surface area (Å²) in [5.41, 5.74) is 4.22. The maximum Gasteiger partial charge on any atom is 0.0726 e. The number of ether oxygens (including phenoxy) is 1. The lowest BCUT2D eigenvalue weighted by Gasteiger charge is -2.38. The van der Waals surface area contributed by atoms with Gasteiger partial charge in [0.1, 0.15) is 0 Å². The number of nitrogens with one attached hydrogen (secondary N) is 1. The summed E-state index contributed by atoms with van der Waals surface area (Å²) in [5.74, 6) is 0. The molecular weight excluding hydrogens is 224 g/mol. The third-order valence-electron chi connectivity index (χ3n) is 3.83. The normalized spacial score (nSPS) is 27.6. The van der Waals surface area contributed by atoms with Gasteiger partial charge in [-0.1, -0.05) is 6.07 Å². The highest BCUT2D eigenvalue weighted by Gasteiger charge is 2.25. The molecule has 2 atom stereocenters. The third kappa shape index (κ3) is 2.19. The van der Waals surface area contributed by atoms with Crippen molar-refractivity contribution in [2.75, 3.05) is 29.9 Å². The van der Waals surface area contributed by atoms with E-state index in [1.54, 1.807) is 0 Å². The van der Waals surface area contributed by atoms with E-state index in [0.29, 0.717) is 12.2 Å². The number of morpholine rings is 1. The number of benzene rings is 1. The lowest BCUT2D eigenvalue weighted by molar-refractivity contribution is -0.00526. The van der Waals surface area contributed by atoms with Crippen molar-refractivity contribution in [1.29, 1.82) is 0 Å². The molecule has 2 aliphatic rings. The molecule has 0 radical (unpaired) electrons. The van der Waals surface area contributed by atoms with E-state index in [4.69, 9.17) is 4.74 Å². The van der Waals surface area contributed by atoms with E-state index < -0.39 is 0 Å². The average molecular weight is 246 g/mol. The minimum absolute atomic E-state index is 0.321. The van der Waals surface area contributed by atoms with Crippen LogP contribution in [0.5, 0.6) is 0 Å². The smallest absolute Gasteiger partial charge is 0.0726 e. The second kappa shape index (κ2) is 4.81. The molecule has 3 rings (SSSR count). The number of nitrogens with zero attached hydrogens (tertiary/aromatic N) is 1. The van der Waals surface area contributed by atoms with Crippen LogP contribution in [0, 0.1) is 0 Å². The quantitative estimate of drug-likeness (QED) is 0.824. The van der Waals surface area contributed by atoms with E-state index in [1.165, 1.54) is 29.8 Å². The van der Waals surface area contributed by atoms with Crippen molar-refractivity contribution in [2.24, 2.45) is 0 Å². The Bertz CT molecular complexity index is 423. The first-order valence-electron chi connectivity index (χ1n) is 7.00. The molecule has 1 aromatic rings. The molecule has 2 unspecified atom stereocenters. The molecule has 0 aliphatic carbocycles. The van der Waals surface area contributed by atoms with Gasteiger partial charge in [-0.25, -0.2) is 0 Å². The lowest BCUT2D eigenvalue weighted by atomic mass is 10.00. The first-order chi connectivity index (χ1) is 8.74. The zero-order valence-electron chi connectivity index (χ0n) is 11.3. The van der Waals surface area contributed by atoms with Crippen LogP contribution in [-0.4, -0.2) is 31.8 Å². The van der Waals surface area contributed by atoms with Gasteiger partial charge < -0.3 is 15.0 Å². The summed E-state index contributed by atoms with van der Waals surface area (Å²) in [6.45, 7) is 7.43. The molecule has 0 spiro atoms. The summed E-state index contributed by atoms with van der Waals surface area (Å²) < 4.78 is 5.82. The summed E-state index contributed by atoms with van der Waals surface area (Å²) in [4.78, 5) is 2.49. The second-order valence-electron chi connectivity index (χ2n) is 5.50. The maximum absolute atomic E-state index is 5.82. The molecule has 3 nitrogen and oxygen atoms in total. The van der Waals surface area contributed by atoms with Crippen LogP contribution in [0.4, 0.5) is 11.4 Å². The summed E-state index contributed by atoms with van der Waals surface area (Å²) in [6, 6.07) is 6.62. The Morgan fingerprint density at radius 3 is 2.78 bits per heavy atom. The summed E-state index contributed by atoms with van der Waals surface area (Å²) in [7, 11) is 0. The highest BCUT2D eigenvalue weighted by molar-refractivity contribution is 5.68. The Balaban J connectivity index is 1.91. The van der Waals surface area contributed by atoms with E-state index in [9.17, 15) is 0 Å². The van der Waals surface area contributed by atoms with Gasteiger partial charge in [0.2, 0.25) is 0 Å². The topological polar surface area (TPSA) is 24.5 Å². The van der Waals surface area contributed by atoms with E-state index in [-0.39, 0.29) is 0 Å². The van der Waals surface area contributed by atoms with Crippen LogP contribution in [-0.2, 0) is 11.2 Å². The highest BCUT2D eigenvalue weighted by atomic mass is 16.5. The van der Waals surface area contributed by atoms with Crippen LogP contribution in [0.15, 0.2) is 18.2 Å². The summed E-state index contributed by atoms with van der Waals surface area (Å²) in [6.07, 6.45) is 3.07. The molecule has 18 heavy (non-hydrogen) atoms. The van der Waals surface area contributed by atoms with E-state index >= 15 is 0 Å². The number of rotatable bonds is 1. The van der Waals surface area contributed by atoms with E-state index in [0.717, 1.165) is 19.6 Å². The zero-order valence-corrected chi connectivity index (χ0v) is 11.3. The van der Waals surface area contributed by atoms with Gasteiger partial charge in [0.15, 0.2) is 0 Å². The second-order valence-corrected chi connectivity index (χ2v) is 5.50. The van der Waals surface area contributed by atoms with Gasteiger partial charge in [0.05, 0.1) is 12.2 Å². The van der Waals surface area contributed by atoms with Gasteiger partial charge in [-0.3, -0.25) is 0 Å². The van der Waals surface area contributed by atoms with Crippen molar-refractivity contribution >= 4 is 11.4 Å². The van der Waals surface area contributed by atoms with Gasteiger partial charge in [-0.2, -0.15) is 0 Å². The van der Waals surface area contributed by atoms with Gasteiger partial charge in [-0.05, 0) is 44.4 Å². The standard InChI is InChI=1S/C15H22N2O/c1-11-9-17(10-12(2)18-11)15-7-3-6-14-13(15)5-4-8-16-14/h3,6-7,11-12,16H,4-5,8-10H2,1-2H3. The zero-order chi connectivity index (χ0) is 12.5.